The van der Waals surface area contributed by atoms with Gasteiger partial charge in [0.25, 0.3) is 5.56 Å². The van der Waals surface area contributed by atoms with Crippen molar-refractivity contribution in [3.63, 3.8) is 0 Å². The van der Waals surface area contributed by atoms with Gasteiger partial charge in [0.2, 0.25) is 0 Å². The molecular formula is C9H12Br2N2O2. The molecular weight excluding hydrogens is 328 g/mol. The summed E-state index contributed by atoms with van der Waals surface area (Å²) in [6.45, 7) is 3.87. The highest BCUT2D eigenvalue weighted by atomic mass is 79.9. The van der Waals surface area contributed by atoms with Crippen molar-refractivity contribution in [2.24, 2.45) is 0 Å². The van der Waals surface area contributed by atoms with Crippen LogP contribution in [0.1, 0.15) is 13.3 Å². The molecule has 4 nitrogen and oxygen atoms in total. The first kappa shape index (κ1) is 12.9. The fourth-order valence-electron chi connectivity index (χ4n) is 1.06. The third kappa shape index (κ3) is 3.70. The van der Waals surface area contributed by atoms with Crippen LogP contribution in [0.4, 0.5) is 0 Å². The van der Waals surface area contributed by atoms with Gasteiger partial charge in [0.1, 0.15) is 4.47 Å². The topological polar surface area (TPSA) is 44.1 Å². The molecule has 0 unspecified atom stereocenters. The maximum absolute atomic E-state index is 11.6. The minimum Gasteiger partial charge on any atom is -0.382 e. The highest BCUT2D eigenvalue weighted by Gasteiger charge is 2.05. The van der Waals surface area contributed by atoms with Crippen LogP contribution in [0.15, 0.2) is 19.9 Å². The van der Waals surface area contributed by atoms with E-state index in [1.54, 1.807) is 6.20 Å². The van der Waals surface area contributed by atoms with Gasteiger partial charge in [-0.1, -0.05) is 0 Å². The fraction of sp³-hybridized carbons (Fsp3) is 0.556. The van der Waals surface area contributed by atoms with E-state index < -0.39 is 0 Å². The first-order valence-electron chi connectivity index (χ1n) is 4.65. The normalized spacial score (nSPS) is 10.6. The van der Waals surface area contributed by atoms with Gasteiger partial charge >= 0.3 is 0 Å². The third-order valence-corrected chi connectivity index (χ3v) is 3.70. The zero-order valence-corrected chi connectivity index (χ0v) is 11.5. The number of nitrogens with zero attached hydrogens (tertiary/aromatic N) is 2. The molecule has 0 fully saturated rings. The van der Waals surface area contributed by atoms with Crippen molar-refractivity contribution in [3.8, 4) is 0 Å². The molecule has 0 aromatic carbocycles. The van der Waals surface area contributed by atoms with Gasteiger partial charge in [0.15, 0.2) is 0 Å². The van der Waals surface area contributed by atoms with Crippen LogP contribution >= 0.6 is 31.9 Å². The second-order valence-electron chi connectivity index (χ2n) is 2.89. The zero-order chi connectivity index (χ0) is 11.3. The Kier molecular flexibility index (Phi) is 5.49. The number of rotatable bonds is 5. The minimum absolute atomic E-state index is 0.124. The Labute approximate surface area is 105 Å². The lowest BCUT2D eigenvalue weighted by molar-refractivity contribution is 0.140. The number of hydrogen-bond donors (Lipinski definition) is 0. The maximum Gasteiger partial charge on any atom is 0.282 e. The first-order chi connectivity index (χ1) is 7.16. The molecule has 0 atom stereocenters. The molecule has 0 spiro atoms. The summed E-state index contributed by atoms with van der Waals surface area (Å²) in [5.74, 6) is 0. The van der Waals surface area contributed by atoms with Crippen LogP contribution in [0.25, 0.3) is 0 Å². The van der Waals surface area contributed by atoms with E-state index >= 15 is 0 Å². The van der Waals surface area contributed by atoms with Gasteiger partial charge in [-0.05, 0) is 45.2 Å². The van der Waals surface area contributed by atoms with Crippen molar-refractivity contribution < 1.29 is 4.74 Å². The van der Waals surface area contributed by atoms with Crippen LogP contribution in [0.2, 0.25) is 0 Å². The number of halogens is 2. The van der Waals surface area contributed by atoms with Crippen molar-refractivity contribution in [2.75, 3.05) is 13.2 Å². The summed E-state index contributed by atoms with van der Waals surface area (Å²) in [6, 6.07) is 0. The molecule has 1 aromatic rings. The molecule has 0 aliphatic rings. The molecule has 15 heavy (non-hydrogen) atoms. The van der Waals surface area contributed by atoms with Crippen molar-refractivity contribution in [1.29, 1.82) is 0 Å². The fourth-order valence-corrected chi connectivity index (χ4v) is 1.63. The average molecular weight is 340 g/mol. The van der Waals surface area contributed by atoms with Crippen molar-refractivity contribution in [3.05, 3.63) is 25.5 Å². The van der Waals surface area contributed by atoms with Gasteiger partial charge in [-0.25, -0.2) is 4.68 Å². The average Bonchev–Trinajstić information content (AvgIpc) is 2.24. The van der Waals surface area contributed by atoms with E-state index in [1.807, 2.05) is 6.92 Å². The minimum atomic E-state index is -0.124. The van der Waals surface area contributed by atoms with Crippen LogP contribution < -0.4 is 5.56 Å². The smallest absolute Gasteiger partial charge is 0.282 e. The molecule has 0 radical (unpaired) electrons. The predicted molar refractivity (Wildman–Crippen MR) is 65.0 cm³/mol. The molecule has 0 saturated carbocycles. The molecule has 1 rings (SSSR count). The van der Waals surface area contributed by atoms with Gasteiger partial charge < -0.3 is 4.74 Å². The van der Waals surface area contributed by atoms with E-state index in [0.29, 0.717) is 28.7 Å². The molecule has 84 valence electrons. The van der Waals surface area contributed by atoms with Crippen molar-refractivity contribution >= 4 is 31.9 Å². The van der Waals surface area contributed by atoms with Crippen molar-refractivity contribution in [2.45, 2.75) is 19.9 Å². The van der Waals surface area contributed by atoms with Crippen LogP contribution in [0.5, 0.6) is 0 Å². The Balaban J connectivity index is 2.63. The molecule has 6 heteroatoms. The summed E-state index contributed by atoms with van der Waals surface area (Å²) in [5, 5.41) is 4.01. The number of aryl methyl sites for hydroxylation is 1. The quantitative estimate of drug-likeness (QED) is 0.772. The molecule has 0 saturated heterocycles. The summed E-state index contributed by atoms with van der Waals surface area (Å²) < 4.78 is 7.79. The Bertz CT molecular complexity index is 379. The Morgan fingerprint density at radius 2 is 2.27 bits per heavy atom. The van der Waals surface area contributed by atoms with Gasteiger partial charge in [-0.3, -0.25) is 4.79 Å². The molecule has 0 bridgehead atoms. The molecule has 0 amide bonds. The SMILES string of the molecule is CCOCCCn1ncc(Br)c(Br)c1=O. The van der Waals surface area contributed by atoms with E-state index in [4.69, 9.17) is 4.74 Å². The second-order valence-corrected chi connectivity index (χ2v) is 4.53. The van der Waals surface area contributed by atoms with Gasteiger partial charge in [0.05, 0.1) is 10.7 Å². The van der Waals surface area contributed by atoms with E-state index in [0.717, 1.165) is 6.42 Å². The van der Waals surface area contributed by atoms with Gasteiger partial charge in [-0.15, -0.1) is 0 Å². The maximum atomic E-state index is 11.6. The van der Waals surface area contributed by atoms with Gasteiger partial charge in [-0.2, -0.15) is 5.10 Å². The summed E-state index contributed by atoms with van der Waals surface area (Å²) in [7, 11) is 0. The Morgan fingerprint density at radius 3 is 2.93 bits per heavy atom. The van der Waals surface area contributed by atoms with Gasteiger partial charge in [0, 0.05) is 19.8 Å². The summed E-state index contributed by atoms with van der Waals surface area (Å²) in [5.41, 5.74) is -0.124. The van der Waals surface area contributed by atoms with Crippen molar-refractivity contribution in [1.82, 2.24) is 9.78 Å². The summed E-state index contributed by atoms with van der Waals surface area (Å²) in [4.78, 5) is 11.6. The highest BCUT2D eigenvalue weighted by molar-refractivity contribution is 9.13. The summed E-state index contributed by atoms with van der Waals surface area (Å²) in [6.07, 6.45) is 2.39. The summed E-state index contributed by atoms with van der Waals surface area (Å²) >= 11 is 6.43. The first-order valence-corrected chi connectivity index (χ1v) is 6.24. The van der Waals surface area contributed by atoms with E-state index in [2.05, 4.69) is 37.0 Å². The monoisotopic (exact) mass is 338 g/mol. The van der Waals surface area contributed by atoms with E-state index in [1.165, 1.54) is 4.68 Å². The highest BCUT2D eigenvalue weighted by Crippen LogP contribution is 2.16. The van der Waals surface area contributed by atoms with Crippen LogP contribution in [-0.4, -0.2) is 23.0 Å². The lowest BCUT2D eigenvalue weighted by Crippen LogP contribution is -2.24. The van der Waals surface area contributed by atoms with Crippen LogP contribution in [0.3, 0.4) is 0 Å². The number of aromatic nitrogens is 2. The number of ether oxygens (including phenoxy) is 1. The number of hydrogen-bond acceptors (Lipinski definition) is 3. The van der Waals surface area contributed by atoms with Crippen LogP contribution in [-0.2, 0) is 11.3 Å². The molecule has 0 aliphatic heterocycles. The van der Waals surface area contributed by atoms with Crippen LogP contribution in [0, 0.1) is 0 Å². The Morgan fingerprint density at radius 1 is 1.53 bits per heavy atom. The standard InChI is InChI=1S/C9H12Br2N2O2/c1-2-15-5-3-4-13-9(14)8(11)7(10)6-12-13/h6H,2-5H2,1H3. The molecule has 0 aliphatic carbocycles. The van der Waals surface area contributed by atoms with E-state index in [9.17, 15) is 4.79 Å². The Hall–Kier alpha value is -0.200. The largest absolute Gasteiger partial charge is 0.382 e. The lowest BCUT2D eigenvalue weighted by Gasteiger charge is -2.05. The molecule has 1 aromatic heterocycles. The molecule has 1 heterocycles. The predicted octanol–water partition coefficient (Wildman–Crippen LogP) is 2.19. The zero-order valence-electron chi connectivity index (χ0n) is 8.37. The third-order valence-electron chi connectivity index (χ3n) is 1.81. The lowest BCUT2D eigenvalue weighted by atomic mass is 10.4. The second kappa shape index (κ2) is 6.40. The van der Waals surface area contributed by atoms with E-state index in [-0.39, 0.29) is 5.56 Å². The molecule has 0 N–H and O–H groups in total.